The summed E-state index contributed by atoms with van der Waals surface area (Å²) in [5.41, 5.74) is 4.03. The second-order valence-electron chi connectivity index (χ2n) is 7.75. The quantitative estimate of drug-likeness (QED) is 0.743. The molecule has 2 aliphatic rings. The third-order valence-electron chi connectivity index (χ3n) is 5.24. The van der Waals surface area contributed by atoms with Crippen LogP contribution in [0.4, 0.5) is 0 Å². The summed E-state index contributed by atoms with van der Waals surface area (Å²) in [7, 11) is -0.302. The van der Waals surface area contributed by atoms with Gasteiger partial charge < -0.3 is 14.0 Å². The standard InChI is InChI=1S/C17H25BO3/c1-11-8-13-12(10-19-15(13,2)3)9-14(11)18-20-16(4,5)17(6,7)21-18/h8-9H,10H2,1-7H3. The van der Waals surface area contributed by atoms with Crippen molar-refractivity contribution < 1.29 is 14.0 Å². The molecule has 2 heterocycles. The predicted molar refractivity (Wildman–Crippen MR) is 84.7 cm³/mol. The third kappa shape index (κ3) is 2.24. The topological polar surface area (TPSA) is 27.7 Å². The lowest BCUT2D eigenvalue weighted by atomic mass is 9.74. The molecule has 0 aromatic heterocycles. The van der Waals surface area contributed by atoms with Gasteiger partial charge in [0.2, 0.25) is 0 Å². The second kappa shape index (κ2) is 4.34. The van der Waals surface area contributed by atoms with Crippen molar-refractivity contribution in [1.82, 2.24) is 0 Å². The van der Waals surface area contributed by atoms with E-state index in [0.29, 0.717) is 6.61 Å². The van der Waals surface area contributed by atoms with Gasteiger partial charge in [-0.15, -0.1) is 0 Å². The second-order valence-corrected chi connectivity index (χ2v) is 7.75. The molecule has 0 saturated carbocycles. The Kier molecular flexibility index (Phi) is 3.12. The molecule has 0 N–H and O–H groups in total. The number of aryl methyl sites for hydroxylation is 1. The monoisotopic (exact) mass is 288 g/mol. The zero-order chi connectivity index (χ0) is 15.6. The third-order valence-corrected chi connectivity index (χ3v) is 5.24. The smallest absolute Gasteiger partial charge is 0.399 e. The van der Waals surface area contributed by atoms with E-state index in [-0.39, 0.29) is 23.9 Å². The van der Waals surface area contributed by atoms with E-state index in [0.717, 1.165) is 5.46 Å². The van der Waals surface area contributed by atoms with Crippen LogP contribution in [0.3, 0.4) is 0 Å². The molecule has 0 amide bonds. The molecule has 114 valence electrons. The van der Waals surface area contributed by atoms with Crippen LogP contribution in [0.2, 0.25) is 0 Å². The highest BCUT2D eigenvalue weighted by Crippen LogP contribution is 2.39. The van der Waals surface area contributed by atoms with E-state index in [4.69, 9.17) is 14.0 Å². The van der Waals surface area contributed by atoms with Crippen molar-refractivity contribution in [3.05, 3.63) is 28.8 Å². The molecule has 0 radical (unpaired) electrons. The highest BCUT2D eigenvalue weighted by Gasteiger charge is 2.52. The number of fused-ring (bicyclic) bond motifs is 1. The molecular formula is C17H25BO3. The molecule has 0 unspecified atom stereocenters. The molecular weight excluding hydrogens is 263 g/mol. The number of ether oxygens (including phenoxy) is 1. The summed E-state index contributed by atoms with van der Waals surface area (Å²) in [4.78, 5) is 0. The van der Waals surface area contributed by atoms with Crippen molar-refractivity contribution in [2.45, 2.75) is 71.9 Å². The SMILES string of the molecule is Cc1cc2c(cc1B1OC(C)(C)C(C)(C)O1)COC2(C)C. The summed E-state index contributed by atoms with van der Waals surface area (Å²) >= 11 is 0. The van der Waals surface area contributed by atoms with Crippen molar-refractivity contribution in [3.63, 3.8) is 0 Å². The lowest BCUT2D eigenvalue weighted by Gasteiger charge is -2.32. The summed E-state index contributed by atoms with van der Waals surface area (Å²) in [5.74, 6) is 0. The van der Waals surface area contributed by atoms with Gasteiger partial charge in [-0.2, -0.15) is 0 Å². The van der Waals surface area contributed by atoms with Crippen molar-refractivity contribution in [2.75, 3.05) is 0 Å². The van der Waals surface area contributed by atoms with Crippen LogP contribution in [0.25, 0.3) is 0 Å². The van der Waals surface area contributed by atoms with Crippen molar-refractivity contribution in [1.29, 1.82) is 0 Å². The van der Waals surface area contributed by atoms with Crippen LogP contribution in [-0.2, 0) is 26.3 Å². The molecule has 0 bridgehead atoms. The van der Waals surface area contributed by atoms with Gasteiger partial charge in [-0.05, 0) is 65.1 Å². The molecule has 0 spiro atoms. The normalized spacial score (nSPS) is 25.2. The van der Waals surface area contributed by atoms with E-state index >= 15 is 0 Å². The summed E-state index contributed by atoms with van der Waals surface area (Å²) in [6, 6.07) is 4.42. The fourth-order valence-electron chi connectivity index (χ4n) is 3.01. The van der Waals surface area contributed by atoms with Crippen LogP contribution in [0.1, 0.15) is 58.2 Å². The minimum Gasteiger partial charge on any atom is -0.399 e. The molecule has 4 heteroatoms. The Bertz CT molecular complexity index is 574. The Morgan fingerprint density at radius 1 is 0.952 bits per heavy atom. The molecule has 21 heavy (non-hydrogen) atoms. The molecule has 1 saturated heterocycles. The predicted octanol–water partition coefficient (Wildman–Crippen LogP) is 3.06. The van der Waals surface area contributed by atoms with E-state index in [9.17, 15) is 0 Å². The summed E-state index contributed by atoms with van der Waals surface area (Å²) in [5, 5.41) is 0. The van der Waals surface area contributed by atoms with Gasteiger partial charge in [-0.25, -0.2) is 0 Å². The first kappa shape index (κ1) is 15.1. The highest BCUT2D eigenvalue weighted by atomic mass is 16.7. The van der Waals surface area contributed by atoms with Crippen molar-refractivity contribution in [3.8, 4) is 0 Å². The van der Waals surface area contributed by atoms with Crippen LogP contribution in [0.5, 0.6) is 0 Å². The summed E-state index contributed by atoms with van der Waals surface area (Å²) < 4.78 is 18.2. The molecule has 3 rings (SSSR count). The van der Waals surface area contributed by atoms with Gasteiger partial charge in [0, 0.05) is 0 Å². The molecule has 0 atom stereocenters. The number of rotatable bonds is 1. The molecule has 1 aromatic carbocycles. The Morgan fingerprint density at radius 3 is 2.10 bits per heavy atom. The van der Waals surface area contributed by atoms with Gasteiger partial charge in [0.1, 0.15) is 0 Å². The van der Waals surface area contributed by atoms with Crippen LogP contribution in [0.15, 0.2) is 12.1 Å². The maximum atomic E-state index is 6.18. The zero-order valence-corrected chi connectivity index (χ0v) is 14.2. The van der Waals surface area contributed by atoms with Gasteiger partial charge in [0.05, 0.1) is 23.4 Å². The Hall–Kier alpha value is -0.835. The van der Waals surface area contributed by atoms with Crippen molar-refractivity contribution in [2.24, 2.45) is 0 Å². The van der Waals surface area contributed by atoms with Gasteiger partial charge in [-0.3, -0.25) is 0 Å². The fourth-order valence-corrected chi connectivity index (χ4v) is 3.01. The molecule has 0 aliphatic carbocycles. The maximum absolute atomic E-state index is 6.18. The van der Waals surface area contributed by atoms with E-state index in [1.54, 1.807) is 0 Å². The minimum atomic E-state index is -0.307. The van der Waals surface area contributed by atoms with E-state index in [2.05, 4.69) is 60.6 Å². The van der Waals surface area contributed by atoms with Crippen LogP contribution in [-0.4, -0.2) is 18.3 Å². The maximum Gasteiger partial charge on any atom is 0.495 e. The van der Waals surface area contributed by atoms with Crippen LogP contribution in [0, 0.1) is 6.92 Å². The van der Waals surface area contributed by atoms with E-state index < -0.39 is 0 Å². The summed E-state index contributed by atoms with van der Waals surface area (Å²) in [6.07, 6.45) is 0. The zero-order valence-electron chi connectivity index (χ0n) is 14.2. The molecule has 1 fully saturated rings. The largest absolute Gasteiger partial charge is 0.495 e. The van der Waals surface area contributed by atoms with Crippen molar-refractivity contribution >= 4 is 12.6 Å². The molecule has 3 nitrogen and oxygen atoms in total. The first-order chi connectivity index (χ1) is 9.53. The lowest BCUT2D eigenvalue weighted by Crippen LogP contribution is -2.41. The van der Waals surface area contributed by atoms with Gasteiger partial charge in [-0.1, -0.05) is 17.7 Å². The number of benzene rings is 1. The number of hydrogen-bond acceptors (Lipinski definition) is 3. The average Bonchev–Trinajstić information content (AvgIpc) is 2.73. The van der Waals surface area contributed by atoms with E-state index in [1.807, 2.05) is 0 Å². The average molecular weight is 288 g/mol. The van der Waals surface area contributed by atoms with Gasteiger partial charge in [0.25, 0.3) is 0 Å². The molecule has 1 aromatic rings. The van der Waals surface area contributed by atoms with Crippen LogP contribution < -0.4 is 5.46 Å². The Labute approximate surface area is 128 Å². The number of hydrogen-bond donors (Lipinski definition) is 0. The Morgan fingerprint density at radius 2 is 1.52 bits per heavy atom. The lowest BCUT2D eigenvalue weighted by molar-refractivity contribution is -0.00790. The van der Waals surface area contributed by atoms with Crippen LogP contribution >= 0.6 is 0 Å². The first-order valence-electron chi connectivity index (χ1n) is 7.67. The molecule has 2 aliphatic heterocycles. The van der Waals surface area contributed by atoms with Gasteiger partial charge >= 0.3 is 7.12 Å². The van der Waals surface area contributed by atoms with E-state index in [1.165, 1.54) is 16.7 Å². The summed E-state index contributed by atoms with van der Waals surface area (Å²) in [6.45, 7) is 15.4. The first-order valence-corrected chi connectivity index (χ1v) is 7.67. The minimum absolute atomic E-state index is 0.200. The Balaban J connectivity index is 1.99. The van der Waals surface area contributed by atoms with Gasteiger partial charge in [0.15, 0.2) is 0 Å². The fraction of sp³-hybridized carbons (Fsp3) is 0.647. The highest BCUT2D eigenvalue weighted by molar-refractivity contribution is 6.62.